The fourth-order valence-corrected chi connectivity index (χ4v) is 2.58. The van der Waals surface area contributed by atoms with Crippen molar-refractivity contribution in [3.05, 3.63) is 46.0 Å². The molecule has 1 aliphatic heterocycles. The largest absolute Gasteiger partial charge is 0.466 e. The highest BCUT2D eigenvalue weighted by Gasteiger charge is 2.27. The number of rotatable bonds is 5. The quantitative estimate of drug-likeness (QED) is 0.357. The van der Waals surface area contributed by atoms with E-state index in [0.717, 1.165) is 5.56 Å². The fourth-order valence-electron chi connectivity index (χ4n) is 2.58. The second-order valence-electron chi connectivity index (χ2n) is 5.53. The maximum absolute atomic E-state index is 12.2. The van der Waals surface area contributed by atoms with Gasteiger partial charge in [0.1, 0.15) is 0 Å². The molecule has 0 bridgehead atoms. The van der Waals surface area contributed by atoms with Crippen LogP contribution in [0, 0.1) is 16.0 Å². The van der Waals surface area contributed by atoms with Crippen LogP contribution in [-0.4, -0.2) is 41.4 Å². The Morgan fingerprint density at radius 2 is 1.92 bits per heavy atom. The van der Waals surface area contributed by atoms with Crippen LogP contribution < -0.4 is 0 Å². The number of likely N-dealkylation sites (tertiary alicyclic amines) is 1. The molecule has 0 aromatic heterocycles. The first-order valence-electron chi connectivity index (χ1n) is 7.89. The molecule has 2 rings (SSSR count). The first-order chi connectivity index (χ1) is 11.5. The van der Waals surface area contributed by atoms with E-state index in [2.05, 4.69) is 0 Å². The smallest absolute Gasteiger partial charge is 0.309 e. The number of nitro groups is 1. The number of esters is 1. The van der Waals surface area contributed by atoms with E-state index < -0.39 is 4.92 Å². The molecule has 0 saturated carbocycles. The van der Waals surface area contributed by atoms with Crippen molar-refractivity contribution in [1.29, 1.82) is 0 Å². The van der Waals surface area contributed by atoms with E-state index in [4.69, 9.17) is 4.74 Å². The molecule has 24 heavy (non-hydrogen) atoms. The van der Waals surface area contributed by atoms with E-state index >= 15 is 0 Å². The zero-order valence-corrected chi connectivity index (χ0v) is 13.5. The van der Waals surface area contributed by atoms with Crippen LogP contribution in [0.2, 0.25) is 0 Å². The summed E-state index contributed by atoms with van der Waals surface area (Å²) in [6.45, 7) is 3.19. The molecule has 1 heterocycles. The highest BCUT2D eigenvalue weighted by atomic mass is 16.6. The number of hydrogen-bond acceptors (Lipinski definition) is 5. The van der Waals surface area contributed by atoms with Gasteiger partial charge in [-0.2, -0.15) is 0 Å². The molecule has 1 amide bonds. The van der Waals surface area contributed by atoms with Crippen LogP contribution in [0.3, 0.4) is 0 Å². The summed E-state index contributed by atoms with van der Waals surface area (Å²) < 4.78 is 5.00. The van der Waals surface area contributed by atoms with Crippen LogP contribution in [0.1, 0.15) is 25.3 Å². The molecule has 1 fully saturated rings. The topological polar surface area (TPSA) is 89.8 Å². The molecule has 7 nitrogen and oxygen atoms in total. The van der Waals surface area contributed by atoms with Gasteiger partial charge < -0.3 is 9.64 Å². The Balaban J connectivity index is 1.87. The van der Waals surface area contributed by atoms with Crippen molar-refractivity contribution in [2.24, 2.45) is 5.92 Å². The van der Waals surface area contributed by atoms with Crippen molar-refractivity contribution in [3.8, 4) is 0 Å². The van der Waals surface area contributed by atoms with Crippen LogP contribution in [0.15, 0.2) is 30.3 Å². The van der Waals surface area contributed by atoms with E-state index in [1.807, 2.05) is 0 Å². The first-order valence-corrected chi connectivity index (χ1v) is 7.89. The van der Waals surface area contributed by atoms with Gasteiger partial charge in [-0.3, -0.25) is 19.7 Å². The van der Waals surface area contributed by atoms with Crippen molar-refractivity contribution in [1.82, 2.24) is 4.90 Å². The van der Waals surface area contributed by atoms with Gasteiger partial charge in [-0.05, 0) is 43.5 Å². The molecule has 0 spiro atoms. The van der Waals surface area contributed by atoms with E-state index in [1.165, 1.54) is 18.2 Å². The number of piperidine rings is 1. The lowest BCUT2D eigenvalue weighted by molar-refractivity contribution is -0.384. The monoisotopic (exact) mass is 332 g/mol. The maximum Gasteiger partial charge on any atom is 0.309 e. The van der Waals surface area contributed by atoms with E-state index in [0.29, 0.717) is 32.5 Å². The molecule has 128 valence electrons. The highest BCUT2D eigenvalue weighted by Crippen LogP contribution is 2.19. The molecule has 1 aromatic rings. The lowest BCUT2D eigenvalue weighted by Gasteiger charge is -2.30. The van der Waals surface area contributed by atoms with Crippen molar-refractivity contribution < 1.29 is 19.2 Å². The third kappa shape index (κ3) is 4.65. The summed E-state index contributed by atoms with van der Waals surface area (Å²) in [5.41, 5.74) is 0.731. The minimum Gasteiger partial charge on any atom is -0.466 e. The summed E-state index contributed by atoms with van der Waals surface area (Å²) >= 11 is 0. The van der Waals surface area contributed by atoms with Crippen LogP contribution >= 0.6 is 0 Å². The van der Waals surface area contributed by atoms with E-state index in [9.17, 15) is 19.7 Å². The molecule has 1 saturated heterocycles. The van der Waals surface area contributed by atoms with Gasteiger partial charge in [-0.1, -0.05) is 0 Å². The average molecular weight is 332 g/mol. The minimum atomic E-state index is -0.466. The molecule has 0 unspecified atom stereocenters. The molecule has 0 atom stereocenters. The number of amides is 1. The Hall–Kier alpha value is -2.70. The number of hydrogen-bond donors (Lipinski definition) is 0. The van der Waals surface area contributed by atoms with Crippen LogP contribution in [0.4, 0.5) is 5.69 Å². The van der Waals surface area contributed by atoms with Gasteiger partial charge >= 0.3 is 5.97 Å². The number of carbonyl (C=O) groups is 2. The number of benzene rings is 1. The molecule has 0 aliphatic carbocycles. The Morgan fingerprint density at radius 3 is 2.46 bits per heavy atom. The zero-order chi connectivity index (χ0) is 17.5. The maximum atomic E-state index is 12.2. The summed E-state index contributed by atoms with van der Waals surface area (Å²) in [7, 11) is 0. The molecular weight excluding hydrogens is 312 g/mol. The predicted octanol–water partition coefficient (Wildman–Crippen LogP) is 2.41. The summed E-state index contributed by atoms with van der Waals surface area (Å²) in [4.78, 5) is 35.7. The van der Waals surface area contributed by atoms with Crippen LogP contribution in [0.25, 0.3) is 6.08 Å². The SMILES string of the molecule is CCOC(=O)C1CCN(C(=O)/C=C/c2ccc([N+](=O)[O-])cc2)CC1. The second kappa shape index (κ2) is 8.24. The molecular formula is C17H20N2O5. The van der Waals surface area contributed by atoms with Gasteiger partial charge in [-0.15, -0.1) is 0 Å². The van der Waals surface area contributed by atoms with Crippen molar-refractivity contribution in [3.63, 3.8) is 0 Å². The third-order valence-electron chi connectivity index (χ3n) is 3.95. The van der Waals surface area contributed by atoms with Gasteiger partial charge in [0.05, 0.1) is 17.4 Å². The van der Waals surface area contributed by atoms with Gasteiger partial charge in [-0.25, -0.2) is 0 Å². The highest BCUT2D eigenvalue weighted by molar-refractivity contribution is 5.92. The van der Waals surface area contributed by atoms with E-state index in [1.54, 1.807) is 30.0 Å². The Morgan fingerprint density at radius 1 is 1.29 bits per heavy atom. The summed E-state index contributed by atoms with van der Waals surface area (Å²) in [6, 6.07) is 5.98. The number of nitro benzene ring substituents is 1. The van der Waals surface area contributed by atoms with Gasteiger partial charge in [0.15, 0.2) is 0 Å². The molecule has 7 heteroatoms. The summed E-state index contributed by atoms with van der Waals surface area (Å²) in [5, 5.41) is 10.6. The van der Waals surface area contributed by atoms with Crippen molar-refractivity contribution >= 4 is 23.6 Å². The average Bonchev–Trinajstić information content (AvgIpc) is 2.60. The number of non-ortho nitro benzene ring substituents is 1. The van der Waals surface area contributed by atoms with Gasteiger partial charge in [0.2, 0.25) is 5.91 Å². The number of ether oxygens (including phenoxy) is 1. The Kier molecular flexibility index (Phi) is 6.06. The van der Waals surface area contributed by atoms with Crippen LogP contribution in [-0.2, 0) is 14.3 Å². The molecule has 1 aromatic carbocycles. The molecule has 0 N–H and O–H groups in total. The molecule has 1 aliphatic rings. The number of carbonyl (C=O) groups excluding carboxylic acids is 2. The third-order valence-corrected chi connectivity index (χ3v) is 3.95. The second-order valence-corrected chi connectivity index (χ2v) is 5.53. The zero-order valence-electron chi connectivity index (χ0n) is 13.5. The normalized spacial score (nSPS) is 15.5. The fraction of sp³-hybridized carbons (Fsp3) is 0.412. The lowest BCUT2D eigenvalue weighted by Crippen LogP contribution is -2.39. The molecule has 0 radical (unpaired) electrons. The Bertz CT molecular complexity index is 631. The number of nitrogens with zero attached hydrogens (tertiary/aromatic N) is 2. The van der Waals surface area contributed by atoms with Crippen molar-refractivity contribution in [2.75, 3.05) is 19.7 Å². The predicted molar refractivity (Wildman–Crippen MR) is 88.1 cm³/mol. The van der Waals surface area contributed by atoms with Crippen LogP contribution in [0.5, 0.6) is 0 Å². The van der Waals surface area contributed by atoms with Gasteiger partial charge in [0, 0.05) is 31.3 Å². The van der Waals surface area contributed by atoms with Crippen molar-refractivity contribution in [2.45, 2.75) is 19.8 Å². The van der Waals surface area contributed by atoms with E-state index in [-0.39, 0.29) is 23.5 Å². The standard InChI is InChI=1S/C17H20N2O5/c1-2-24-17(21)14-9-11-18(12-10-14)16(20)8-5-13-3-6-15(7-4-13)19(22)23/h3-8,14H,2,9-12H2,1H3/b8-5+. The Labute approximate surface area is 140 Å². The minimum absolute atomic E-state index is 0.0134. The summed E-state index contributed by atoms with van der Waals surface area (Å²) in [5.74, 6) is -0.450. The lowest BCUT2D eigenvalue weighted by atomic mass is 9.97. The van der Waals surface area contributed by atoms with Gasteiger partial charge in [0.25, 0.3) is 5.69 Å². The summed E-state index contributed by atoms with van der Waals surface area (Å²) in [6.07, 6.45) is 4.29. The first kappa shape index (κ1) is 17.7.